The molecule has 1 amide bonds. The zero-order valence-electron chi connectivity index (χ0n) is 20.3. The van der Waals surface area contributed by atoms with Crippen LogP contribution in [0.3, 0.4) is 0 Å². The number of carbonyl (C=O) groups is 1. The molecule has 0 bridgehead atoms. The van der Waals surface area contributed by atoms with E-state index < -0.39 is 17.8 Å². The fourth-order valence-electron chi connectivity index (χ4n) is 4.17. The quantitative estimate of drug-likeness (QED) is 0.423. The van der Waals surface area contributed by atoms with E-state index in [9.17, 15) is 9.18 Å². The highest BCUT2D eigenvalue weighted by atomic mass is 35.5. The summed E-state index contributed by atoms with van der Waals surface area (Å²) in [5, 5.41) is 3.71. The molecule has 1 aromatic heterocycles. The third-order valence-corrected chi connectivity index (χ3v) is 6.67. The first kappa shape index (κ1) is 26.0. The van der Waals surface area contributed by atoms with Gasteiger partial charge >= 0.3 is 0 Å². The SMILES string of the molecule is COc1cc2ncnc(Nc3cccc(Cl)c3F)c2cc1CN(CCN1CCOCC1)[C@@H](C)C(N)=O. The predicted octanol–water partition coefficient (Wildman–Crippen LogP) is 3.18. The molecule has 3 N–H and O–H groups in total. The summed E-state index contributed by atoms with van der Waals surface area (Å²) >= 11 is 5.94. The van der Waals surface area contributed by atoms with Gasteiger partial charge < -0.3 is 20.5 Å². The number of carbonyl (C=O) groups excluding carboxylic acids is 1. The average Bonchev–Trinajstić information content (AvgIpc) is 2.89. The molecule has 1 aliphatic heterocycles. The van der Waals surface area contributed by atoms with E-state index in [1.807, 2.05) is 11.0 Å². The number of fused-ring (bicyclic) bond motifs is 1. The minimum absolute atomic E-state index is 0.0112. The molecule has 2 heterocycles. The highest BCUT2D eigenvalue weighted by molar-refractivity contribution is 6.31. The van der Waals surface area contributed by atoms with Gasteiger partial charge in [0.1, 0.15) is 17.9 Å². The van der Waals surface area contributed by atoms with Gasteiger partial charge in [-0.25, -0.2) is 14.4 Å². The Bertz CT molecular complexity index is 1220. The Morgan fingerprint density at radius 2 is 2.11 bits per heavy atom. The topological polar surface area (TPSA) is 106 Å². The van der Waals surface area contributed by atoms with Crippen molar-refractivity contribution in [2.75, 3.05) is 51.8 Å². The van der Waals surface area contributed by atoms with Crippen LogP contribution in [0.15, 0.2) is 36.7 Å². The van der Waals surface area contributed by atoms with Crippen LogP contribution in [0.2, 0.25) is 5.02 Å². The number of methoxy groups -OCH3 is 1. The largest absolute Gasteiger partial charge is 0.496 e. The molecule has 0 saturated carbocycles. The fraction of sp³-hybridized carbons (Fsp3) is 0.400. The zero-order valence-corrected chi connectivity index (χ0v) is 21.1. The van der Waals surface area contributed by atoms with Crippen molar-refractivity contribution in [3.05, 3.63) is 53.1 Å². The van der Waals surface area contributed by atoms with Crippen LogP contribution >= 0.6 is 11.6 Å². The van der Waals surface area contributed by atoms with E-state index in [2.05, 4.69) is 20.2 Å². The number of primary amides is 1. The molecule has 11 heteroatoms. The van der Waals surface area contributed by atoms with E-state index >= 15 is 0 Å². The molecule has 2 aromatic carbocycles. The number of ether oxygens (including phenoxy) is 2. The molecule has 0 spiro atoms. The van der Waals surface area contributed by atoms with E-state index in [0.717, 1.165) is 25.2 Å². The average molecular weight is 517 g/mol. The van der Waals surface area contributed by atoms with Crippen LogP contribution in [0.25, 0.3) is 10.9 Å². The summed E-state index contributed by atoms with van der Waals surface area (Å²) in [7, 11) is 1.59. The number of benzene rings is 2. The first-order chi connectivity index (χ1) is 17.4. The number of nitrogens with one attached hydrogen (secondary N) is 1. The smallest absolute Gasteiger partial charge is 0.234 e. The van der Waals surface area contributed by atoms with Gasteiger partial charge in [0.15, 0.2) is 5.82 Å². The summed E-state index contributed by atoms with van der Waals surface area (Å²) < 4.78 is 25.6. The molecular formula is C25H30ClFN6O3. The second kappa shape index (κ2) is 11.8. The molecular weight excluding hydrogens is 487 g/mol. The van der Waals surface area contributed by atoms with Gasteiger partial charge in [-0.3, -0.25) is 14.6 Å². The summed E-state index contributed by atoms with van der Waals surface area (Å²) in [6.07, 6.45) is 1.40. The normalized spacial score (nSPS) is 15.2. The van der Waals surface area contributed by atoms with Crippen LogP contribution in [0.1, 0.15) is 12.5 Å². The van der Waals surface area contributed by atoms with E-state index in [1.54, 1.807) is 32.2 Å². The third-order valence-electron chi connectivity index (χ3n) is 6.38. The molecule has 1 saturated heterocycles. The molecule has 4 rings (SSSR count). The number of rotatable bonds is 10. The van der Waals surface area contributed by atoms with E-state index in [0.29, 0.717) is 48.8 Å². The summed E-state index contributed by atoms with van der Waals surface area (Å²) in [4.78, 5) is 25.1. The maximum Gasteiger partial charge on any atom is 0.234 e. The standard InChI is InChI=1S/C25H30ClFN6O3/c1-16(24(28)34)33(7-6-32-8-10-36-11-9-32)14-17-12-18-21(13-22(17)35-2)29-15-30-25(18)31-20-5-3-4-19(26)23(20)27/h3-5,12-13,15-16H,6-11,14H2,1-2H3,(H2,28,34)(H,29,30,31)/t16-/m0/s1. The van der Waals surface area contributed by atoms with Gasteiger partial charge in [0.2, 0.25) is 5.91 Å². The first-order valence-corrected chi connectivity index (χ1v) is 12.1. The number of nitrogens with two attached hydrogens (primary N) is 1. The number of amides is 1. The van der Waals surface area contributed by atoms with Crippen molar-refractivity contribution in [2.45, 2.75) is 19.5 Å². The minimum atomic E-state index is -0.566. The Balaban J connectivity index is 1.65. The van der Waals surface area contributed by atoms with Crippen molar-refractivity contribution in [1.29, 1.82) is 0 Å². The first-order valence-electron chi connectivity index (χ1n) is 11.7. The number of aromatic nitrogens is 2. The number of anilines is 2. The maximum absolute atomic E-state index is 14.5. The van der Waals surface area contributed by atoms with Gasteiger partial charge in [-0.05, 0) is 25.1 Å². The van der Waals surface area contributed by atoms with Crippen LogP contribution in [-0.4, -0.2) is 78.2 Å². The van der Waals surface area contributed by atoms with Crippen molar-refractivity contribution < 1.29 is 18.7 Å². The summed E-state index contributed by atoms with van der Waals surface area (Å²) in [6, 6.07) is 7.94. The Morgan fingerprint density at radius 3 is 2.83 bits per heavy atom. The van der Waals surface area contributed by atoms with Gasteiger partial charge in [-0.2, -0.15) is 0 Å². The minimum Gasteiger partial charge on any atom is -0.496 e. The van der Waals surface area contributed by atoms with Gasteiger partial charge in [-0.15, -0.1) is 0 Å². The number of hydrogen-bond acceptors (Lipinski definition) is 8. The van der Waals surface area contributed by atoms with Crippen LogP contribution < -0.4 is 15.8 Å². The predicted molar refractivity (Wildman–Crippen MR) is 137 cm³/mol. The second-order valence-electron chi connectivity index (χ2n) is 8.63. The lowest BCUT2D eigenvalue weighted by atomic mass is 10.1. The lowest BCUT2D eigenvalue weighted by Gasteiger charge is -2.32. The summed E-state index contributed by atoms with van der Waals surface area (Å²) in [6.45, 7) is 6.73. The van der Waals surface area contributed by atoms with Gasteiger partial charge in [0.05, 0.1) is 42.6 Å². The molecule has 192 valence electrons. The van der Waals surface area contributed by atoms with Gasteiger partial charge in [-0.1, -0.05) is 17.7 Å². The van der Waals surface area contributed by atoms with Crippen LogP contribution in [0, 0.1) is 5.82 Å². The van der Waals surface area contributed by atoms with Crippen LogP contribution in [0.4, 0.5) is 15.9 Å². The van der Waals surface area contributed by atoms with Crippen molar-refractivity contribution in [3.8, 4) is 5.75 Å². The monoisotopic (exact) mass is 516 g/mol. The Morgan fingerprint density at radius 1 is 1.33 bits per heavy atom. The van der Waals surface area contributed by atoms with Crippen LogP contribution in [-0.2, 0) is 16.1 Å². The molecule has 0 aliphatic carbocycles. The van der Waals surface area contributed by atoms with Crippen molar-refractivity contribution in [3.63, 3.8) is 0 Å². The second-order valence-corrected chi connectivity index (χ2v) is 9.04. The van der Waals surface area contributed by atoms with Crippen molar-refractivity contribution in [1.82, 2.24) is 19.8 Å². The molecule has 9 nitrogen and oxygen atoms in total. The van der Waals surface area contributed by atoms with Crippen LogP contribution in [0.5, 0.6) is 5.75 Å². The highest BCUT2D eigenvalue weighted by Crippen LogP contribution is 2.32. The Hall–Kier alpha value is -3.05. The van der Waals surface area contributed by atoms with Crippen molar-refractivity contribution in [2.24, 2.45) is 5.73 Å². The van der Waals surface area contributed by atoms with E-state index in [-0.39, 0.29) is 10.7 Å². The Labute approximate surface area is 214 Å². The molecule has 0 radical (unpaired) electrons. The lowest BCUT2D eigenvalue weighted by Crippen LogP contribution is -2.47. The summed E-state index contributed by atoms with van der Waals surface area (Å²) in [5.41, 5.74) is 7.33. The summed E-state index contributed by atoms with van der Waals surface area (Å²) in [5.74, 6) is 0.0742. The fourth-order valence-corrected chi connectivity index (χ4v) is 4.35. The zero-order chi connectivity index (χ0) is 25.7. The molecule has 1 aliphatic rings. The molecule has 3 aromatic rings. The lowest BCUT2D eigenvalue weighted by molar-refractivity contribution is -0.123. The van der Waals surface area contributed by atoms with Gasteiger partial charge in [0.25, 0.3) is 0 Å². The van der Waals surface area contributed by atoms with E-state index in [4.69, 9.17) is 26.8 Å². The molecule has 1 atom stereocenters. The number of nitrogens with zero attached hydrogens (tertiary/aromatic N) is 4. The number of halogens is 2. The molecule has 1 fully saturated rings. The molecule has 36 heavy (non-hydrogen) atoms. The third kappa shape index (κ3) is 6.01. The van der Waals surface area contributed by atoms with Gasteiger partial charge in [0, 0.05) is 49.7 Å². The number of morpholine rings is 1. The highest BCUT2D eigenvalue weighted by Gasteiger charge is 2.23. The number of hydrogen-bond donors (Lipinski definition) is 2. The van der Waals surface area contributed by atoms with Crippen molar-refractivity contribution >= 4 is 39.9 Å². The Kier molecular flexibility index (Phi) is 8.52. The molecule has 0 unspecified atom stereocenters. The van der Waals surface area contributed by atoms with E-state index in [1.165, 1.54) is 12.4 Å². The maximum atomic E-state index is 14.5.